The van der Waals surface area contributed by atoms with Crippen LogP contribution in [-0.2, 0) is 4.79 Å². The molecule has 0 fully saturated rings. The zero-order valence-corrected chi connectivity index (χ0v) is 5.93. The van der Waals surface area contributed by atoms with Gasteiger partial charge in [0.25, 0.3) is 5.62 Å². The lowest BCUT2D eigenvalue weighted by atomic mass is 10.7. The van der Waals surface area contributed by atoms with Crippen molar-refractivity contribution in [1.29, 1.82) is 0 Å². The van der Waals surface area contributed by atoms with Crippen LogP contribution in [0.2, 0.25) is 0 Å². The van der Waals surface area contributed by atoms with Crippen LogP contribution in [0.5, 0.6) is 0 Å². The minimum absolute atomic E-state index is 0.0139. The van der Waals surface area contributed by atoms with Crippen LogP contribution >= 0.6 is 0 Å². The van der Waals surface area contributed by atoms with E-state index in [1.807, 2.05) is 0 Å². The van der Waals surface area contributed by atoms with Crippen molar-refractivity contribution in [3.8, 4) is 0 Å². The maximum atomic E-state index is 10.4. The van der Waals surface area contributed by atoms with Crippen molar-refractivity contribution >= 4 is 5.91 Å². The summed E-state index contributed by atoms with van der Waals surface area (Å²) in [7, 11) is 0. The highest BCUT2D eigenvalue weighted by molar-refractivity contribution is 5.73. The molecule has 1 N–H and O–H groups in total. The number of rotatable bonds is 0. The highest BCUT2D eigenvalue weighted by Gasteiger charge is 1.89. The third-order valence-electron chi connectivity index (χ3n) is 0.966. The van der Waals surface area contributed by atoms with Gasteiger partial charge in [-0.3, -0.25) is 4.79 Å². The quantitative estimate of drug-likeness (QED) is 0.514. The molecular formula is C6H7N3O2. The highest BCUT2D eigenvalue weighted by atomic mass is 16.5. The Kier molecular flexibility index (Phi) is 2.00. The summed E-state index contributed by atoms with van der Waals surface area (Å²) in [5.41, 5.74) is -0.0139. The van der Waals surface area contributed by atoms with Gasteiger partial charge in [-0.2, -0.15) is 9.72 Å². The molecule has 58 valence electrons. The average Bonchev–Trinajstić information content (AvgIpc) is 1.93. The Balaban J connectivity index is 3.23. The lowest BCUT2D eigenvalue weighted by molar-refractivity contribution is -0.116. The fourth-order valence-corrected chi connectivity index (χ4v) is 0.576. The van der Waals surface area contributed by atoms with E-state index in [0.29, 0.717) is 4.73 Å². The molecule has 0 aliphatic heterocycles. The molecule has 0 unspecified atom stereocenters. The number of amides is 1. The summed E-state index contributed by atoms with van der Waals surface area (Å²) in [6.07, 6.45) is 2.78. The van der Waals surface area contributed by atoms with Gasteiger partial charge in [-0.25, -0.2) is 4.98 Å². The Morgan fingerprint density at radius 3 is 3.09 bits per heavy atom. The van der Waals surface area contributed by atoms with Gasteiger partial charge in [0.05, 0.1) is 0 Å². The zero-order chi connectivity index (χ0) is 8.27. The largest absolute Gasteiger partial charge is 0.425 e. The minimum Gasteiger partial charge on any atom is -0.425 e. The van der Waals surface area contributed by atoms with Gasteiger partial charge in [0.15, 0.2) is 0 Å². The van der Waals surface area contributed by atoms with Crippen LogP contribution in [0.1, 0.15) is 6.92 Å². The number of hydrogen-bond donors (Lipinski definition) is 1. The molecule has 0 bridgehead atoms. The molecule has 5 heteroatoms. The van der Waals surface area contributed by atoms with Crippen molar-refractivity contribution < 1.29 is 10.0 Å². The number of carbonyl (C=O) groups excluding carboxylic acids is 1. The van der Waals surface area contributed by atoms with Crippen LogP contribution in [0, 0.1) is 0 Å². The fourth-order valence-electron chi connectivity index (χ4n) is 0.576. The second-order valence-electron chi connectivity index (χ2n) is 1.90. The van der Waals surface area contributed by atoms with Crippen LogP contribution in [0.4, 0.5) is 0 Å². The van der Waals surface area contributed by atoms with Crippen LogP contribution in [-0.4, -0.2) is 20.8 Å². The molecule has 0 aliphatic rings. The fraction of sp³-hybridized carbons (Fsp3) is 0.167. The molecule has 1 amide bonds. The molecule has 0 saturated heterocycles. The van der Waals surface area contributed by atoms with Crippen molar-refractivity contribution in [1.82, 2.24) is 9.71 Å². The second kappa shape index (κ2) is 2.96. The first kappa shape index (κ1) is 7.46. The normalized spacial score (nSPS) is 11.5. The topological polar surface area (TPSA) is 67.5 Å². The van der Waals surface area contributed by atoms with Crippen molar-refractivity contribution in [2.24, 2.45) is 4.99 Å². The Morgan fingerprint density at radius 1 is 1.82 bits per heavy atom. The lowest BCUT2D eigenvalue weighted by Crippen LogP contribution is -2.22. The highest BCUT2D eigenvalue weighted by Crippen LogP contribution is 1.72. The number of nitrogens with zero attached hydrogens (tertiary/aromatic N) is 3. The summed E-state index contributed by atoms with van der Waals surface area (Å²) in [6.45, 7) is 1.29. The van der Waals surface area contributed by atoms with Crippen LogP contribution in [0.3, 0.4) is 0 Å². The zero-order valence-electron chi connectivity index (χ0n) is 5.93. The summed E-state index contributed by atoms with van der Waals surface area (Å²) in [4.78, 5) is 17.5. The Morgan fingerprint density at radius 2 is 2.55 bits per heavy atom. The maximum Gasteiger partial charge on any atom is 0.266 e. The van der Waals surface area contributed by atoms with Crippen LogP contribution in [0.25, 0.3) is 0 Å². The van der Waals surface area contributed by atoms with Gasteiger partial charge in [-0.1, -0.05) is 0 Å². The van der Waals surface area contributed by atoms with Crippen LogP contribution < -0.4 is 5.62 Å². The number of aromatic nitrogens is 2. The van der Waals surface area contributed by atoms with Crippen molar-refractivity contribution in [2.75, 3.05) is 0 Å². The average molecular weight is 153 g/mol. The van der Waals surface area contributed by atoms with E-state index in [-0.39, 0.29) is 5.62 Å². The van der Waals surface area contributed by atoms with E-state index >= 15 is 0 Å². The van der Waals surface area contributed by atoms with E-state index in [0.717, 1.165) is 0 Å². The summed E-state index contributed by atoms with van der Waals surface area (Å²) in [5.74, 6) is -0.397. The van der Waals surface area contributed by atoms with E-state index in [4.69, 9.17) is 5.21 Å². The molecule has 0 atom stereocenters. The molecule has 1 rings (SSSR count). The van der Waals surface area contributed by atoms with Gasteiger partial charge in [0, 0.05) is 19.3 Å². The number of hydrogen-bond acceptors (Lipinski definition) is 3. The second-order valence-corrected chi connectivity index (χ2v) is 1.90. The molecule has 0 aromatic carbocycles. The van der Waals surface area contributed by atoms with E-state index in [1.54, 1.807) is 0 Å². The van der Waals surface area contributed by atoms with E-state index in [9.17, 15) is 4.79 Å². The van der Waals surface area contributed by atoms with E-state index < -0.39 is 5.91 Å². The summed E-state index contributed by atoms with van der Waals surface area (Å²) in [5, 5.41) is 8.97. The van der Waals surface area contributed by atoms with Gasteiger partial charge < -0.3 is 5.21 Å². The molecule has 1 aromatic heterocycles. The van der Waals surface area contributed by atoms with Crippen molar-refractivity contribution in [3.05, 3.63) is 24.1 Å². The predicted octanol–water partition coefficient (Wildman–Crippen LogP) is -0.432. The smallest absolute Gasteiger partial charge is 0.266 e. The monoisotopic (exact) mass is 153 g/mol. The Bertz CT molecular complexity index is 329. The van der Waals surface area contributed by atoms with Gasteiger partial charge in [0.1, 0.15) is 0 Å². The van der Waals surface area contributed by atoms with Gasteiger partial charge >= 0.3 is 0 Å². The molecule has 11 heavy (non-hydrogen) atoms. The first-order chi connectivity index (χ1) is 5.20. The molecule has 1 aromatic rings. The predicted molar refractivity (Wildman–Crippen MR) is 35.7 cm³/mol. The first-order valence-electron chi connectivity index (χ1n) is 2.98. The minimum atomic E-state index is -0.397. The van der Waals surface area contributed by atoms with Gasteiger partial charge in [-0.15, -0.1) is 0 Å². The molecule has 0 saturated carbocycles. The van der Waals surface area contributed by atoms with E-state index in [2.05, 4.69) is 9.98 Å². The summed E-state index contributed by atoms with van der Waals surface area (Å²) < 4.78 is 0.682. The third kappa shape index (κ3) is 1.89. The SMILES string of the molecule is CC(=O)N=c1ncccn1O. The number of carbonyl (C=O) groups is 1. The van der Waals surface area contributed by atoms with Crippen LogP contribution in [0.15, 0.2) is 23.5 Å². The van der Waals surface area contributed by atoms with Crippen molar-refractivity contribution in [2.45, 2.75) is 6.92 Å². The molecular weight excluding hydrogens is 146 g/mol. The standard InChI is InChI=1S/C6H7N3O2/c1-5(10)8-6-7-3-2-4-9(6)11/h2-4,11H,1H3. The lowest BCUT2D eigenvalue weighted by Gasteiger charge is -1.92. The molecule has 0 aliphatic carbocycles. The molecule has 0 radical (unpaired) electrons. The van der Waals surface area contributed by atoms with Crippen molar-refractivity contribution in [3.63, 3.8) is 0 Å². The van der Waals surface area contributed by atoms with Gasteiger partial charge in [0.2, 0.25) is 5.91 Å². The maximum absolute atomic E-state index is 10.4. The summed E-state index contributed by atoms with van der Waals surface area (Å²) in [6, 6.07) is 1.53. The third-order valence-corrected chi connectivity index (χ3v) is 0.966. The van der Waals surface area contributed by atoms with E-state index in [1.165, 1.54) is 25.4 Å². The molecule has 5 nitrogen and oxygen atoms in total. The Labute approximate surface area is 62.6 Å². The summed E-state index contributed by atoms with van der Waals surface area (Å²) >= 11 is 0. The Hall–Kier alpha value is -1.65. The molecule has 0 spiro atoms. The van der Waals surface area contributed by atoms with Gasteiger partial charge in [-0.05, 0) is 6.07 Å². The first-order valence-corrected chi connectivity index (χ1v) is 2.98. The molecule has 1 heterocycles.